The minimum atomic E-state index is 1.07. The first-order valence-corrected chi connectivity index (χ1v) is 6.39. The van der Waals surface area contributed by atoms with Crippen molar-refractivity contribution in [2.45, 2.75) is 26.2 Å². The van der Waals surface area contributed by atoms with Crippen molar-refractivity contribution in [3.63, 3.8) is 0 Å². The molecule has 0 spiro atoms. The van der Waals surface area contributed by atoms with Gasteiger partial charge in [-0.25, -0.2) is 4.68 Å². The van der Waals surface area contributed by atoms with Crippen LogP contribution in [0, 0.1) is 0 Å². The lowest BCUT2D eigenvalue weighted by Gasteiger charge is -2.00. The van der Waals surface area contributed by atoms with E-state index in [-0.39, 0.29) is 0 Å². The van der Waals surface area contributed by atoms with E-state index >= 15 is 0 Å². The van der Waals surface area contributed by atoms with Gasteiger partial charge >= 0.3 is 0 Å². The molecule has 1 heterocycles. The third-order valence-electron chi connectivity index (χ3n) is 2.52. The lowest BCUT2D eigenvalue weighted by Crippen LogP contribution is -1.95. The van der Waals surface area contributed by atoms with Crippen molar-refractivity contribution < 1.29 is 0 Å². The SMILES string of the molecule is CCCCc1ccn(-c2ccc(Br)cc2)n1. The average Bonchev–Trinajstić information content (AvgIpc) is 2.76. The maximum Gasteiger partial charge on any atom is 0.0646 e. The van der Waals surface area contributed by atoms with Crippen LogP contribution in [-0.4, -0.2) is 9.78 Å². The summed E-state index contributed by atoms with van der Waals surface area (Å²) in [7, 11) is 0. The number of aromatic nitrogens is 2. The number of hydrogen-bond acceptors (Lipinski definition) is 1. The molecule has 2 rings (SSSR count). The van der Waals surface area contributed by atoms with Gasteiger partial charge in [0.1, 0.15) is 0 Å². The van der Waals surface area contributed by atoms with Crippen LogP contribution in [0.25, 0.3) is 5.69 Å². The van der Waals surface area contributed by atoms with Crippen LogP contribution in [0.5, 0.6) is 0 Å². The van der Waals surface area contributed by atoms with E-state index in [0.29, 0.717) is 0 Å². The molecule has 0 saturated carbocycles. The number of unbranched alkanes of at least 4 members (excludes halogenated alkanes) is 1. The van der Waals surface area contributed by atoms with E-state index in [0.717, 1.165) is 16.6 Å². The first-order valence-electron chi connectivity index (χ1n) is 5.60. The molecule has 0 aliphatic rings. The first-order chi connectivity index (χ1) is 7.79. The molecule has 0 bridgehead atoms. The molecule has 0 radical (unpaired) electrons. The van der Waals surface area contributed by atoms with Crippen LogP contribution in [0.4, 0.5) is 0 Å². The second kappa shape index (κ2) is 5.30. The van der Waals surface area contributed by atoms with Crippen molar-refractivity contribution in [3.8, 4) is 5.69 Å². The predicted molar refractivity (Wildman–Crippen MR) is 69.9 cm³/mol. The zero-order valence-electron chi connectivity index (χ0n) is 9.36. The van der Waals surface area contributed by atoms with Crippen molar-refractivity contribution in [3.05, 3.63) is 46.7 Å². The summed E-state index contributed by atoms with van der Waals surface area (Å²) in [6, 6.07) is 10.3. The molecule has 0 aliphatic heterocycles. The molecule has 0 amide bonds. The van der Waals surface area contributed by atoms with Crippen molar-refractivity contribution >= 4 is 15.9 Å². The summed E-state index contributed by atoms with van der Waals surface area (Å²) in [4.78, 5) is 0. The van der Waals surface area contributed by atoms with Gasteiger partial charge in [-0.15, -0.1) is 0 Å². The van der Waals surface area contributed by atoms with Gasteiger partial charge in [-0.05, 0) is 43.2 Å². The fraction of sp³-hybridized carbons (Fsp3) is 0.308. The zero-order valence-corrected chi connectivity index (χ0v) is 10.9. The van der Waals surface area contributed by atoms with E-state index in [2.05, 4.69) is 46.2 Å². The molecule has 3 heteroatoms. The molecular weight excluding hydrogens is 264 g/mol. The minimum absolute atomic E-state index is 1.07. The maximum atomic E-state index is 4.55. The topological polar surface area (TPSA) is 17.8 Å². The van der Waals surface area contributed by atoms with E-state index in [9.17, 15) is 0 Å². The molecule has 0 aliphatic carbocycles. The number of aryl methyl sites for hydroxylation is 1. The number of rotatable bonds is 4. The highest BCUT2D eigenvalue weighted by Gasteiger charge is 2.00. The Labute approximate surface area is 104 Å². The predicted octanol–water partition coefficient (Wildman–Crippen LogP) is 3.98. The van der Waals surface area contributed by atoms with Crippen molar-refractivity contribution in [1.29, 1.82) is 0 Å². The quantitative estimate of drug-likeness (QED) is 0.827. The van der Waals surface area contributed by atoms with Crippen LogP contribution < -0.4 is 0 Å². The third-order valence-corrected chi connectivity index (χ3v) is 3.05. The Morgan fingerprint density at radius 1 is 1.19 bits per heavy atom. The molecule has 2 aromatic rings. The van der Waals surface area contributed by atoms with E-state index in [4.69, 9.17) is 0 Å². The van der Waals surface area contributed by atoms with Gasteiger partial charge in [-0.2, -0.15) is 5.10 Å². The molecule has 0 fully saturated rings. The highest BCUT2D eigenvalue weighted by atomic mass is 79.9. The molecule has 0 unspecified atom stereocenters. The zero-order chi connectivity index (χ0) is 11.4. The van der Waals surface area contributed by atoms with Gasteiger partial charge in [-0.3, -0.25) is 0 Å². The number of benzene rings is 1. The minimum Gasteiger partial charge on any atom is -0.241 e. The van der Waals surface area contributed by atoms with Crippen molar-refractivity contribution in [1.82, 2.24) is 9.78 Å². The third kappa shape index (κ3) is 2.73. The molecule has 16 heavy (non-hydrogen) atoms. The van der Waals surface area contributed by atoms with Crippen LogP contribution in [0.1, 0.15) is 25.5 Å². The van der Waals surface area contributed by atoms with Gasteiger partial charge in [-0.1, -0.05) is 29.3 Å². The number of nitrogens with zero attached hydrogens (tertiary/aromatic N) is 2. The fourth-order valence-electron chi connectivity index (χ4n) is 1.59. The fourth-order valence-corrected chi connectivity index (χ4v) is 1.85. The Morgan fingerprint density at radius 3 is 2.62 bits per heavy atom. The summed E-state index contributed by atoms with van der Waals surface area (Å²) in [5, 5.41) is 4.55. The van der Waals surface area contributed by atoms with Gasteiger partial charge in [0, 0.05) is 10.7 Å². The molecule has 84 valence electrons. The van der Waals surface area contributed by atoms with Crippen LogP contribution >= 0.6 is 15.9 Å². The lowest BCUT2D eigenvalue weighted by molar-refractivity contribution is 0.752. The van der Waals surface area contributed by atoms with Gasteiger partial charge in [0.25, 0.3) is 0 Å². The molecular formula is C13H15BrN2. The second-order valence-corrected chi connectivity index (χ2v) is 4.75. The van der Waals surface area contributed by atoms with E-state index in [1.807, 2.05) is 23.0 Å². The van der Waals surface area contributed by atoms with Crippen LogP contribution in [-0.2, 0) is 6.42 Å². The van der Waals surface area contributed by atoms with Crippen LogP contribution in [0.3, 0.4) is 0 Å². The monoisotopic (exact) mass is 278 g/mol. The van der Waals surface area contributed by atoms with Crippen LogP contribution in [0.2, 0.25) is 0 Å². The summed E-state index contributed by atoms with van der Waals surface area (Å²) in [5.74, 6) is 0. The van der Waals surface area contributed by atoms with Crippen molar-refractivity contribution in [2.24, 2.45) is 0 Å². The second-order valence-electron chi connectivity index (χ2n) is 3.83. The molecule has 0 N–H and O–H groups in total. The highest BCUT2D eigenvalue weighted by Crippen LogP contribution is 2.14. The van der Waals surface area contributed by atoms with E-state index < -0.39 is 0 Å². The summed E-state index contributed by atoms with van der Waals surface area (Å²) in [5.41, 5.74) is 2.27. The maximum absolute atomic E-state index is 4.55. The Morgan fingerprint density at radius 2 is 1.94 bits per heavy atom. The van der Waals surface area contributed by atoms with Gasteiger partial charge in [0.05, 0.1) is 11.4 Å². The summed E-state index contributed by atoms with van der Waals surface area (Å²) < 4.78 is 3.02. The smallest absolute Gasteiger partial charge is 0.0646 e. The lowest BCUT2D eigenvalue weighted by atomic mass is 10.2. The summed E-state index contributed by atoms with van der Waals surface area (Å²) >= 11 is 3.43. The Kier molecular flexibility index (Phi) is 3.78. The first kappa shape index (κ1) is 11.4. The normalized spacial score (nSPS) is 10.6. The molecule has 2 nitrogen and oxygen atoms in total. The van der Waals surface area contributed by atoms with Crippen LogP contribution in [0.15, 0.2) is 41.0 Å². The van der Waals surface area contributed by atoms with Gasteiger partial charge < -0.3 is 0 Å². The number of halogens is 1. The summed E-state index contributed by atoms with van der Waals surface area (Å²) in [6.07, 6.45) is 5.51. The van der Waals surface area contributed by atoms with Gasteiger partial charge in [0.15, 0.2) is 0 Å². The van der Waals surface area contributed by atoms with E-state index in [1.54, 1.807) is 0 Å². The number of hydrogen-bond donors (Lipinski definition) is 0. The summed E-state index contributed by atoms with van der Waals surface area (Å²) in [6.45, 7) is 2.20. The van der Waals surface area contributed by atoms with E-state index in [1.165, 1.54) is 18.5 Å². The molecule has 1 aromatic heterocycles. The average molecular weight is 279 g/mol. The molecule has 0 atom stereocenters. The van der Waals surface area contributed by atoms with Gasteiger partial charge in [0.2, 0.25) is 0 Å². The van der Waals surface area contributed by atoms with Crippen molar-refractivity contribution in [2.75, 3.05) is 0 Å². The molecule has 1 aromatic carbocycles. The Balaban J connectivity index is 2.15. The Bertz CT molecular complexity index is 445. The molecule has 0 saturated heterocycles. The Hall–Kier alpha value is -1.09. The largest absolute Gasteiger partial charge is 0.241 e. The standard InChI is InChI=1S/C13H15BrN2/c1-2-3-4-12-9-10-16(15-12)13-7-5-11(14)6-8-13/h5-10H,2-4H2,1H3. The highest BCUT2D eigenvalue weighted by molar-refractivity contribution is 9.10.